The van der Waals surface area contributed by atoms with Crippen molar-refractivity contribution >= 4 is 11.7 Å². The molecule has 2 amide bonds. The van der Waals surface area contributed by atoms with Crippen molar-refractivity contribution < 1.29 is 9.53 Å². The van der Waals surface area contributed by atoms with Crippen molar-refractivity contribution in [3.63, 3.8) is 0 Å². The molecule has 1 saturated carbocycles. The van der Waals surface area contributed by atoms with Crippen LogP contribution in [0, 0.1) is 0 Å². The maximum atomic E-state index is 12.4. The van der Waals surface area contributed by atoms with Gasteiger partial charge in [-0.05, 0) is 56.9 Å². The zero-order valence-corrected chi connectivity index (χ0v) is 12.8. The molecule has 1 aromatic rings. The fourth-order valence-corrected chi connectivity index (χ4v) is 2.85. The summed E-state index contributed by atoms with van der Waals surface area (Å²) in [5.74, 6) is 0.779. The van der Waals surface area contributed by atoms with Crippen LogP contribution in [-0.2, 0) is 0 Å². The Morgan fingerprint density at radius 2 is 1.90 bits per heavy atom. The molecule has 1 aliphatic rings. The van der Waals surface area contributed by atoms with E-state index < -0.39 is 0 Å². The van der Waals surface area contributed by atoms with E-state index in [0.717, 1.165) is 37.1 Å². The van der Waals surface area contributed by atoms with Gasteiger partial charge >= 0.3 is 6.03 Å². The van der Waals surface area contributed by atoms with E-state index in [1.54, 1.807) is 7.11 Å². The molecule has 1 aromatic carbocycles. The van der Waals surface area contributed by atoms with Gasteiger partial charge in [-0.15, -0.1) is 0 Å². The molecule has 3 N–H and O–H groups in total. The Bertz CT molecular complexity index is 453. The molecule has 0 spiro atoms. The van der Waals surface area contributed by atoms with Gasteiger partial charge in [0.25, 0.3) is 0 Å². The second kappa shape index (κ2) is 7.31. The maximum Gasteiger partial charge on any atom is 0.322 e. The number of ether oxygens (including phenoxy) is 1. The van der Waals surface area contributed by atoms with E-state index in [4.69, 9.17) is 10.5 Å². The van der Waals surface area contributed by atoms with E-state index in [0.29, 0.717) is 18.6 Å². The highest BCUT2D eigenvalue weighted by Crippen LogP contribution is 2.23. The Balaban J connectivity index is 1.95. The number of nitrogens with two attached hydrogens (primary N) is 1. The van der Waals surface area contributed by atoms with Crippen LogP contribution in [0.3, 0.4) is 0 Å². The highest BCUT2D eigenvalue weighted by Gasteiger charge is 2.26. The van der Waals surface area contributed by atoms with Gasteiger partial charge in [-0.1, -0.05) is 0 Å². The number of hydrogen-bond acceptors (Lipinski definition) is 3. The number of nitrogens with one attached hydrogen (secondary N) is 1. The van der Waals surface area contributed by atoms with Gasteiger partial charge < -0.3 is 20.7 Å². The van der Waals surface area contributed by atoms with Crippen LogP contribution in [0.5, 0.6) is 5.75 Å². The molecule has 1 aliphatic carbocycles. The van der Waals surface area contributed by atoms with Gasteiger partial charge in [0.2, 0.25) is 0 Å². The monoisotopic (exact) mass is 291 g/mol. The summed E-state index contributed by atoms with van der Waals surface area (Å²) in [4.78, 5) is 14.3. The quantitative estimate of drug-likeness (QED) is 0.896. The molecule has 0 atom stereocenters. The highest BCUT2D eigenvalue weighted by atomic mass is 16.5. The van der Waals surface area contributed by atoms with Gasteiger partial charge in [-0.3, -0.25) is 0 Å². The molecular weight excluding hydrogens is 266 g/mol. The van der Waals surface area contributed by atoms with Crippen molar-refractivity contribution in [2.75, 3.05) is 19.0 Å². The molecular formula is C16H25N3O2. The molecule has 21 heavy (non-hydrogen) atoms. The number of methoxy groups -OCH3 is 1. The first kappa shape index (κ1) is 15.6. The predicted octanol–water partition coefficient (Wildman–Crippen LogP) is 2.82. The Kier molecular flexibility index (Phi) is 5.44. The van der Waals surface area contributed by atoms with Crippen LogP contribution in [0.1, 0.15) is 32.6 Å². The van der Waals surface area contributed by atoms with E-state index >= 15 is 0 Å². The number of rotatable bonds is 4. The third-order valence-corrected chi connectivity index (χ3v) is 4.12. The number of carbonyl (C=O) groups is 1. The summed E-state index contributed by atoms with van der Waals surface area (Å²) in [7, 11) is 1.63. The molecule has 0 unspecified atom stereocenters. The Morgan fingerprint density at radius 1 is 1.29 bits per heavy atom. The number of anilines is 1. The lowest BCUT2D eigenvalue weighted by molar-refractivity contribution is 0.167. The number of amides is 2. The number of benzene rings is 1. The molecule has 0 saturated heterocycles. The number of carbonyl (C=O) groups excluding carboxylic acids is 1. The zero-order chi connectivity index (χ0) is 15.2. The second-order valence-electron chi connectivity index (χ2n) is 5.51. The number of nitrogens with zero attached hydrogens (tertiary/aromatic N) is 1. The van der Waals surface area contributed by atoms with E-state index in [1.807, 2.05) is 36.1 Å². The van der Waals surface area contributed by atoms with Crippen LogP contribution in [0.4, 0.5) is 10.5 Å². The van der Waals surface area contributed by atoms with Crippen LogP contribution in [0.2, 0.25) is 0 Å². The minimum atomic E-state index is -0.0388. The smallest absolute Gasteiger partial charge is 0.322 e. The van der Waals surface area contributed by atoms with E-state index in [1.165, 1.54) is 0 Å². The molecule has 0 radical (unpaired) electrons. The van der Waals surface area contributed by atoms with Crippen molar-refractivity contribution in [3.8, 4) is 5.75 Å². The van der Waals surface area contributed by atoms with E-state index in [-0.39, 0.29) is 6.03 Å². The highest BCUT2D eigenvalue weighted by molar-refractivity contribution is 5.89. The lowest BCUT2D eigenvalue weighted by atomic mass is 9.91. The minimum Gasteiger partial charge on any atom is -0.497 e. The lowest BCUT2D eigenvalue weighted by Crippen LogP contribution is -2.46. The van der Waals surface area contributed by atoms with Crippen LogP contribution in [0.15, 0.2) is 24.3 Å². The average Bonchev–Trinajstić information content (AvgIpc) is 2.50. The summed E-state index contributed by atoms with van der Waals surface area (Å²) in [5, 5.41) is 2.95. The first-order valence-corrected chi connectivity index (χ1v) is 7.61. The third-order valence-electron chi connectivity index (χ3n) is 4.12. The van der Waals surface area contributed by atoms with Crippen LogP contribution >= 0.6 is 0 Å². The maximum absolute atomic E-state index is 12.4. The normalized spacial score (nSPS) is 21.7. The average molecular weight is 291 g/mol. The van der Waals surface area contributed by atoms with Gasteiger partial charge in [0.05, 0.1) is 7.11 Å². The summed E-state index contributed by atoms with van der Waals surface area (Å²) < 4.78 is 5.11. The van der Waals surface area contributed by atoms with Crippen molar-refractivity contribution in [2.45, 2.75) is 44.7 Å². The first-order chi connectivity index (χ1) is 10.1. The third kappa shape index (κ3) is 4.11. The SMILES string of the molecule is CCN(C(=O)Nc1ccc(OC)cc1)C1CCC(N)CC1. The van der Waals surface area contributed by atoms with Crippen molar-refractivity contribution in [2.24, 2.45) is 5.73 Å². The van der Waals surface area contributed by atoms with Crippen molar-refractivity contribution in [3.05, 3.63) is 24.3 Å². The summed E-state index contributed by atoms with van der Waals surface area (Å²) in [5.41, 5.74) is 6.72. The van der Waals surface area contributed by atoms with E-state index in [9.17, 15) is 4.79 Å². The van der Waals surface area contributed by atoms with Gasteiger partial charge in [-0.25, -0.2) is 4.79 Å². The summed E-state index contributed by atoms with van der Waals surface area (Å²) in [6.45, 7) is 2.73. The standard InChI is InChI=1S/C16H25N3O2/c1-3-19(14-8-4-12(17)5-9-14)16(20)18-13-6-10-15(21-2)11-7-13/h6-7,10-12,14H,3-5,8-9,17H2,1-2H3,(H,18,20). The van der Waals surface area contributed by atoms with Gasteiger partial charge in [0.1, 0.15) is 5.75 Å². The Labute approximate surface area is 126 Å². The molecule has 5 nitrogen and oxygen atoms in total. The van der Waals surface area contributed by atoms with E-state index in [2.05, 4.69) is 5.32 Å². The largest absolute Gasteiger partial charge is 0.497 e. The predicted molar refractivity (Wildman–Crippen MR) is 84.6 cm³/mol. The number of hydrogen-bond donors (Lipinski definition) is 2. The molecule has 1 fully saturated rings. The van der Waals surface area contributed by atoms with Crippen molar-refractivity contribution in [1.82, 2.24) is 4.90 Å². The van der Waals surface area contributed by atoms with Crippen LogP contribution < -0.4 is 15.8 Å². The second-order valence-corrected chi connectivity index (χ2v) is 5.51. The summed E-state index contributed by atoms with van der Waals surface area (Å²) in [6, 6.07) is 7.93. The number of urea groups is 1. The Morgan fingerprint density at radius 3 is 2.43 bits per heavy atom. The minimum absolute atomic E-state index is 0.0388. The fraction of sp³-hybridized carbons (Fsp3) is 0.562. The van der Waals surface area contributed by atoms with Crippen LogP contribution in [-0.4, -0.2) is 36.7 Å². The van der Waals surface area contributed by atoms with Crippen LogP contribution in [0.25, 0.3) is 0 Å². The Hall–Kier alpha value is -1.75. The zero-order valence-electron chi connectivity index (χ0n) is 12.8. The molecule has 116 valence electrons. The fourth-order valence-electron chi connectivity index (χ4n) is 2.85. The molecule has 0 aliphatic heterocycles. The topological polar surface area (TPSA) is 67.6 Å². The molecule has 0 heterocycles. The summed E-state index contributed by atoms with van der Waals surface area (Å²) >= 11 is 0. The summed E-state index contributed by atoms with van der Waals surface area (Å²) in [6.07, 6.45) is 3.98. The van der Waals surface area contributed by atoms with Gasteiger partial charge in [0, 0.05) is 24.3 Å². The van der Waals surface area contributed by atoms with Gasteiger partial charge in [0.15, 0.2) is 0 Å². The lowest BCUT2D eigenvalue weighted by Gasteiger charge is -2.35. The van der Waals surface area contributed by atoms with Gasteiger partial charge in [-0.2, -0.15) is 0 Å². The first-order valence-electron chi connectivity index (χ1n) is 7.61. The van der Waals surface area contributed by atoms with Crippen molar-refractivity contribution in [1.29, 1.82) is 0 Å². The molecule has 2 rings (SSSR count). The molecule has 0 bridgehead atoms. The molecule has 5 heteroatoms. The molecule has 0 aromatic heterocycles.